The molecule has 4 heterocycles. The molecular formula is C66H40B2O2S2. The minimum Gasteiger partial charge on any atom is -0.458 e. The second kappa shape index (κ2) is 16.7. The van der Waals surface area contributed by atoms with Gasteiger partial charge in [-0.15, -0.1) is 0 Å². The predicted octanol–water partition coefficient (Wildman–Crippen LogP) is 13.9. The van der Waals surface area contributed by atoms with E-state index in [9.17, 15) is 0 Å². The summed E-state index contributed by atoms with van der Waals surface area (Å²) in [5, 5.41) is 0. The Kier molecular flexibility index (Phi) is 9.67. The van der Waals surface area contributed by atoms with Gasteiger partial charge in [-0.3, -0.25) is 0 Å². The van der Waals surface area contributed by atoms with Crippen LogP contribution in [-0.4, -0.2) is 13.4 Å². The van der Waals surface area contributed by atoms with E-state index in [4.69, 9.17) is 9.47 Å². The molecule has 0 radical (unpaired) electrons. The summed E-state index contributed by atoms with van der Waals surface area (Å²) in [5.74, 6) is 3.63. The maximum atomic E-state index is 7.39. The smallest absolute Gasteiger partial charge is 0.253 e. The van der Waals surface area contributed by atoms with Crippen LogP contribution >= 0.6 is 23.5 Å². The number of hydrogen-bond donors (Lipinski definition) is 0. The van der Waals surface area contributed by atoms with Gasteiger partial charge >= 0.3 is 0 Å². The molecule has 0 saturated carbocycles. The van der Waals surface area contributed by atoms with Gasteiger partial charge in [-0.2, -0.15) is 0 Å². The fourth-order valence-electron chi connectivity index (χ4n) is 11.8. The highest BCUT2D eigenvalue weighted by Crippen LogP contribution is 2.48. The molecule has 0 spiro atoms. The first-order valence-electron chi connectivity index (χ1n) is 24.6. The largest absolute Gasteiger partial charge is 0.458 e. The van der Waals surface area contributed by atoms with Crippen molar-refractivity contribution in [2.75, 3.05) is 0 Å². The van der Waals surface area contributed by atoms with Crippen LogP contribution in [0.15, 0.2) is 262 Å². The van der Waals surface area contributed by atoms with Crippen LogP contribution in [0.2, 0.25) is 0 Å². The van der Waals surface area contributed by atoms with Crippen LogP contribution in [0.5, 0.6) is 23.0 Å². The fraction of sp³-hybridized carbons (Fsp3) is 0. The monoisotopic (exact) mass is 950 g/mol. The number of fused-ring (bicyclic) bond motifs is 8. The van der Waals surface area contributed by atoms with Crippen molar-refractivity contribution in [2.24, 2.45) is 0 Å². The molecule has 2 nitrogen and oxygen atoms in total. The van der Waals surface area contributed by atoms with Gasteiger partial charge in [0.1, 0.15) is 23.0 Å². The number of para-hydroxylation sites is 1. The summed E-state index contributed by atoms with van der Waals surface area (Å²) in [6.45, 7) is -0.0430. The fourth-order valence-corrected chi connectivity index (χ4v) is 14.2. The molecule has 4 aliphatic rings. The molecule has 6 heteroatoms. The SMILES string of the molecule is c1ccc(-c2cccc(-c3ccccc3)c2-c2cc3c4c(c2)Sc2ccccc2B4c2cc4c(cc2O3)Sc2cc(-c3c(-c5ccccc5)cccc3-c3ccccc3)cc3c2B4c2ccccc2O3)cc1. The number of ether oxygens (including phenoxy) is 2. The lowest BCUT2D eigenvalue weighted by Gasteiger charge is -2.37. The normalized spacial score (nSPS) is 13.1. The van der Waals surface area contributed by atoms with E-state index in [1.807, 2.05) is 23.5 Å². The summed E-state index contributed by atoms with van der Waals surface area (Å²) in [6, 6.07) is 88.5. The van der Waals surface area contributed by atoms with Crippen LogP contribution in [0.25, 0.3) is 66.8 Å². The first-order chi connectivity index (χ1) is 35.7. The van der Waals surface area contributed by atoms with Gasteiger partial charge in [-0.05, 0) is 131 Å². The maximum absolute atomic E-state index is 7.39. The quantitative estimate of drug-likeness (QED) is 0.155. The van der Waals surface area contributed by atoms with E-state index in [1.165, 1.54) is 108 Å². The molecule has 0 aromatic heterocycles. The average molecular weight is 951 g/mol. The molecule has 15 rings (SSSR count). The van der Waals surface area contributed by atoms with E-state index < -0.39 is 0 Å². The van der Waals surface area contributed by atoms with Gasteiger partial charge in [0.2, 0.25) is 0 Å². The van der Waals surface area contributed by atoms with Gasteiger partial charge in [0.15, 0.2) is 0 Å². The van der Waals surface area contributed by atoms with Crippen molar-refractivity contribution in [3.63, 3.8) is 0 Å². The van der Waals surface area contributed by atoms with E-state index in [-0.39, 0.29) is 13.4 Å². The van der Waals surface area contributed by atoms with Gasteiger partial charge < -0.3 is 9.47 Å². The zero-order valence-electron chi connectivity index (χ0n) is 38.9. The summed E-state index contributed by atoms with van der Waals surface area (Å²) < 4.78 is 14.4. The Labute approximate surface area is 428 Å². The van der Waals surface area contributed by atoms with E-state index in [1.54, 1.807) is 0 Å². The third-order valence-corrected chi connectivity index (χ3v) is 17.2. The topological polar surface area (TPSA) is 18.5 Å². The van der Waals surface area contributed by atoms with Gasteiger partial charge in [-0.25, -0.2) is 0 Å². The van der Waals surface area contributed by atoms with Crippen LogP contribution < -0.4 is 42.3 Å². The Hall–Kier alpha value is -8.15. The zero-order valence-corrected chi connectivity index (χ0v) is 40.5. The lowest BCUT2D eigenvalue weighted by Crippen LogP contribution is -2.62. The third kappa shape index (κ3) is 6.63. The number of benzene rings is 11. The number of rotatable bonds is 6. The molecular weight excluding hydrogens is 910 g/mol. The van der Waals surface area contributed by atoms with Crippen molar-refractivity contribution < 1.29 is 9.47 Å². The molecule has 0 N–H and O–H groups in total. The highest BCUT2D eigenvalue weighted by molar-refractivity contribution is 8.00. The molecule has 0 fully saturated rings. The maximum Gasteiger partial charge on any atom is 0.253 e. The predicted molar refractivity (Wildman–Crippen MR) is 303 cm³/mol. The lowest BCUT2D eigenvalue weighted by atomic mass is 9.32. The van der Waals surface area contributed by atoms with E-state index >= 15 is 0 Å². The lowest BCUT2D eigenvalue weighted by molar-refractivity contribution is 0.485. The highest BCUT2D eigenvalue weighted by Gasteiger charge is 2.44. The summed E-state index contributed by atoms with van der Waals surface area (Å²) in [5.41, 5.74) is 21.6. The summed E-state index contributed by atoms with van der Waals surface area (Å²) in [6.07, 6.45) is 0. The van der Waals surface area contributed by atoms with E-state index in [2.05, 4.69) is 243 Å². The van der Waals surface area contributed by atoms with Gasteiger partial charge in [0.05, 0.1) is 0 Å². The van der Waals surface area contributed by atoms with Crippen molar-refractivity contribution in [1.82, 2.24) is 0 Å². The molecule has 4 aliphatic heterocycles. The van der Waals surface area contributed by atoms with Gasteiger partial charge in [0.25, 0.3) is 13.4 Å². The van der Waals surface area contributed by atoms with Gasteiger partial charge in [0, 0.05) is 19.6 Å². The minimum absolute atomic E-state index is 0.0114. The van der Waals surface area contributed by atoms with Crippen LogP contribution in [0.3, 0.4) is 0 Å². The van der Waals surface area contributed by atoms with Crippen molar-refractivity contribution in [1.29, 1.82) is 0 Å². The first kappa shape index (κ1) is 41.6. The van der Waals surface area contributed by atoms with E-state index in [0.717, 1.165) is 34.1 Å². The van der Waals surface area contributed by atoms with Crippen molar-refractivity contribution >= 4 is 69.7 Å². The van der Waals surface area contributed by atoms with Crippen LogP contribution in [-0.2, 0) is 0 Å². The molecule has 0 aliphatic carbocycles. The van der Waals surface area contributed by atoms with Crippen LogP contribution in [0.4, 0.5) is 0 Å². The second-order valence-electron chi connectivity index (χ2n) is 19.0. The second-order valence-corrected chi connectivity index (χ2v) is 21.1. The summed E-state index contributed by atoms with van der Waals surface area (Å²) in [4.78, 5) is 4.90. The minimum atomic E-state index is -0.0316. The molecule has 0 bridgehead atoms. The Balaban J connectivity index is 0.930. The number of hydrogen-bond acceptors (Lipinski definition) is 4. The molecule has 0 unspecified atom stereocenters. The average Bonchev–Trinajstić information content (AvgIpc) is 3.45. The molecule has 334 valence electrons. The molecule has 0 atom stereocenters. The molecule has 0 amide bonds. The Morgan fingerprint density at radius 1 is 0.250 bits per heavy atom. The molecule has 0 saturated heterocycles. The van der Waals surface area contributed by atoms with Gasteiger partial charge in [-0.1, -0.05) is 235 Å². The Bertz CT molecular complexity index is 3620. The summed E-state index contributed by atoms with van der Waals surface area (Å²) in [7, 11) is 0. The van der Waals surface area contributed by atoms with Crippen molar-refractivity contribution in [3.8, 4) is 89.8 Å². The standard InChI is InChI=1S/C66H40B2O2S2/c1-5-19-41(20-6-1)47-27-17-28-48(42-21-7-2-8-22-42)63(47)45-35-57-65-62(38-45)72-60-40-56-53(39-54(60)67(65)51-31-13-15-33-55(51)69-57)68-52-32-14-16-34-59(52)71-61-37-46(36-58(70-56)66(61)68)64-49(43-23-9-3-10-24-43)29-18-30-50(64)44-25-11-4-12-26-44/h1-40H. The van der Waals surface area contributed by atoms with Crippen LogP contribution in [0.1, 0.15) is 0 Å². The Morgan fingerprint density at radius 2 is 0.667 bits per heavy atom. The molecule has 11 aromatic carbocycles. The summed E-state index contributed by atoms with van der Waals surface area (Å²) >= 11 is 3.70. The molecule has 72 heavy (non-hydrogen) atoms. The van der Waals surface area contributed by atoms with Crippen LogP contribution in [0, 0.1) is 0 Å². The molecule has 11 aromatic rings. The Morgan fingerprint density at radius 3 is 1.18 bits per heavy atom. The van der Waals surface area contributed by atoms with Crippen molar-refractivity contribution in [2.45, 2.75) is 19.6 Å². The highest BCUT2D eigenvalue weighted by atomic mass is 32.2. The van der Waals surface area contributed by atoms with E-state index in [0.29, 0.717) is 0 Å². The first-order valence-corrected chi connectivity index (χ1v) is 26.2. The third-order valence-electron chi connectivity index (χ3n) is 14.9. The zero-order chi connectivity index (χ0) is 47.3. The van der Waals surface area contributed by atoms with Crippen molar-refractivity contribution in [3.05, 3.63) is 243 Å².